The summed E-state index contributed by atoms with van der Waals surface area (Å²) in [6.45, 7) is 7.14. The Morgan fingerprint density at radius 1 is 1.07 bits per heavy atom. The molecule has 0 unspecified atom stereocenters. The van der Waals surface area contributed by atoms with E-state index >= 15 is 0 Å². The van der Waals surface area contributed by atoms with Gasteiger partial charge in [0.25, 0.3) is 0 Å². The van der Waals surface area contributed by atoms with Gasteiger partial charge < -0.3 is 4.74 Å². The highest BCUT2D eigenvalue weighted by Crippen LogP contribution is 2.36. The summed E-state index contributed by atoms with van der Waals surface area (Å²) in [5, 5.41) is 12.5. The molecule has 0 spiro atoms. The number of piperidine rings is 1. The number of hydrogen-bond acceptors (Lipinski definition) is 6. The monoisotopic (exact) mass is 540 g/mol. The lowest BCUT2D eigenvalue weighted by Gasteiger charge is -2.37. The van der Waals surface area contributed by atoms with Crippen LogP contribution in [-0.2, 0) is 18.5 Å². The quantitative estimate of drug-likeness (QED) is 0.289. The molecule has 1 aromatic heterocycles. The lowest BCUT2D eigenvalue weighted by atomic mass is 9.76. The average Bonchev–Trinajstić information content (AvgIpc) is 3.03. The van der Waals surface area contributed by atoms with Crippen LogP contribution in [0, 0.1) is 11.3 Å². The fourth-order valence-electron chi connectivity index (χ4n) is 6.40. The minimum Gasteiger partial charge on any atom is -0.481 e. The van der Waals surface area contributed by atoms with Crippen molar-refractivity contribution in [3.05, 3.63) is 70.9 Å². The Kier molecular flexibility index (Phi) is 10.3. The SMILES string of the molecule is CC.COc1cccc(C2(C#N)CCN(Cc3cc(C=O)c(CN(C)C4CCCCC4)c4ccccc34)CC2)n1. The largest absolute Gasteiger partial charge is 0.481 e. The van der Waals surface area contributed by atoms with Gasteiger partial charge in [-0.25, -0.2) is 4.98 Å². The first kappa shape index (κ1) is 29.7. The van der Waals surface area contributed by atoms with Crippen molar-refractivity contribution in [2.75, 3.05) is 27.2 Å². The molecule has 40 heavy (non-hydrogen) atoms. The Labute approximate surface area is 240 Å². The lowest BCUT2D eigenvalue weighted by molar-refractivity contribution is 0.112. The minimum absolute atomic E-state index is 0.543. The number of carbonyl (C=O) groups is 1. The van der Waals surface area contributed by atoms with Crippen LogP contribution in [0.25, 0.3) is 10.8 Å². The standard InChI is InChI=1S/C32H38N4O2.C2H6/c1-35(26-9-4-3-5-10-26)21-29-25(22-37)19-24(27-11-6-7-12-28(27)29)20-36-17-15-32(23-33,16-18-36)30-13-8-14-31(34-30)38-2;1-2/h6-8,11-14,19,22,26H,3-5,9-10,15-18,20-21H2,1-2H3;1-2H3. The average molecular weight is 541 g/mol. The number of pyridine rings is 1. The number of ether oxygens (including phenoxy) is 1. The van der Waals surface area contributed by atoms with Gasteiger partial charge in [0.15, 0.2) is 0 Å². The molecule has 1 saturated heterocycles. The van der Waals surface area contributed by atoms with Crippen LogP contribution in [-0.4, -0.2) is 54.4 Å². The number of hydrogen-bond donors (Lipinski definition) is 0. The third-order valence-electron chi connectivity index (χ3n) is 8.75. The molecule has 0 amide bonds. The molecule has 6 nitrogen and oxygen atoms in total. The van der Waals surface area contributed by atoms with Crippen molar-refractivity contribution in [3.8, 4) is 11.9 Å². The van der Waals surface area contributed by atoms with Gasteiger partial charge in [-0.2, -0.15) is 5.26 Å². The van der Waals surface area contributed by atoms with Crippen LogP contribution in [0.15, 0.2) is 48.5 Å². The summed E-state index contributed by atoms with van der Waals surface area (Å²) in [6, 6.07) is 19.5. The van der Waals surface area contributed by atoms with Crippen LogP contribution in [0.3, 0.4) is 0 Å². The number of aldehydes is 1. The second kappa shape index (κ2) is 13.9. The van der Waals surface area contributed by atoms with Gasteiger partial charge in [-0.05, 0) is 66.8 Å². The predicted octanol–water partition coefficient (Wildman–Crippen LogP) is 6.90. The molecule has 1 aliphatic heterocycles. The maximum absolute atomic E-state index is 12.3. The van der Waals surface area contributed by atoms with Gasteiger partial charge in [-0.1, -0.05) is 63.4 Å². The Bertz CT molecular complexity index is 1320. The van der Waals surface area contributed by atoms with Crippen molar-refractivity contribution in [2.24, 2.45) is 0 Å². The van der Waals surface area contributed by atoms with E-state index < -0.39 is 5.41 Å². The van der Waals surface area contributed by atoms with Gasteiger partial charge in [-0.15, -0.1) is 0 Å². The van der Waals surface area contributed by atoms with Crippen molar-refractivity contribution in [1.29, 1.82) is 5.26 Å². The molecule has 212 valence electrons. The minimum atomic E-state index is -0.603. The zero-order valence-corrected chi connectivity index (χ0v) is 24.7. The number of nitrogens with zero attached hydrogens (tertiary/aromatic N) is 4. The molecule has 2 aliphatic rings. The van der Waals surface area contributed by atoms with E-state index in [9.17, 15) is 10.1 Å². The molecular formula is C34H44N4O2. The Balaban J connectivity index is 0.00000181. The van der Waals surface area contributed by atoms with E-state index in [2.05, 4.69) is 58.2 Å². The molecule has 1 saturated carbocycles. The van der Waals surface area contributed by atoms with Gasteiger partial charge in [0, 0.05) is 43.9 Å². The van der Waals surface area contributed by atoms with Crippen LogP contribution >= 0.6 is 0 Å². The fraction of sp³-hybridized carbons (Fsp3) is 0.500. The van der Waals surface area contributed by atoms with Crippen LogP contribution in [0.5, 0.6) is 5.88 Å². The maximum Gasteiger partial charge on any atom is 0.213 e. The Hall–Kier alpha value is -3.27. The molecule has 5 rings (SSSR count). The molecule has 0 radical (unpaired) electrons. The second-order valence-electron chi connectivity index (χ2n) is 11.0. The number of likely N-dealkylation sites (tertiary alicyclic amines) is 1. The van der Waals surface area contributed by atoms with E-state index in [4.69, 9.17) is 4.74 Å². The molecule has 1 aliphatic carbocycles. The molecule has 0 atom stereocenters. The summed E-state index contributed by atoms with van der Waals surface area (Å²) in [5.41, 5.74) is 3.30. The van der Waals surface area contributed by atoms with Crippen LogP contribution in [0.2, 0.25) is 0 Å². The predicted molar refractivity (Wildman–Crippen MR) is 162 cm³/mol. The highest BCUT2D eigenvalue weighted by atomic mass is 16.5. The highest BCUT2D eigenvalue weighted by Gasteiger charge is 2.38. The third kappa shape index (κ3) is 6.37. The zero-order valence-electron chi connectivity index (χ0n) is 24.7. The molecular weight excluding hydrogens is 496 g/mol. The zero-order chi connectivity index (χ0) is 28.5. The number of nitriles is 1. The van der Waals surface area contributed by atoms with Gasteiger partial charge in [0.1, 0.15) is 11.7 Å². The number of rotatable bonds is 8. The summed E-state index contributed by atoms with van der Waals surface area (Å²) >= 11 is 0. The second-order valence-corrected chi connectivity index (χ2v) is 11.0. The third-order valence-corrected chi connectivity index (χ3v) is 8.75. The number of benzene rings is 2. The van der Waals surface area contributed by atoms with Crippen LogP contribution in [0.1, 0.15) is 86.0 Å². The van der Waals surface area contributed by atoms with E-state index in [-0.39, 0.29) is 0 Å². The number of aromatic nitrogens is 1. The van der Waals surface area contributed by atoms with Crippen molar-refractivity contribution >= 4 is 17.1 Å². The van der Waals surface area contributed by atoms with E-state index in [1.807, 2.05) is 32.0 Å². The van der Waals surface area contributed by atoms with Crippen molar-refractivity contribution < 1.29 is 9.53 Å². The van der Waals surface area contributed by atoms with Crippen molar-refractivity contribution in [1.82, 2.24) is 14.8 Å². The van der Waals surface area contributed by atoms with Crippen molar-refractivity contribution in [2.45, 2.75) is 83.3 Å². The summed E-state index contributed by atoms with van der Waals surface area (Å²) in [5.74, 6) is 0.543. The number of carbonyl (C=O) groups excluding carboxylic acids is 1. The van der Waals surface area contributed by atoms with Crippen LogP contribution < -0.4 is 4.74 Å². The molecule has 0 bridgehead atoms. The maximum atomic E-state index is 12.3. The smallest absolute Gasteiger partial charge is 0.213 e. The fourth-order valence-corrected chi connectivity index (χ4v) is 6.40. The van der Waals surface area contributed by atoms with Gasteiger partial charge in [0.2, 0.25) is 5.88 Å². The first-order valence-corrected chi connectivity index (χ1v) is 14.9. The molecule has 2 fully saturated rings. The van der Waals surface area contributed by atoms with E-state index in [0.29, 0.717) is 24.8 Å². The first-order chi connectivity index (χ1) is 19.6. The van der Waals surface area contributed by atoms with Gasteiger partial charge >= 0.3 is 0 Å². The van der Waals surface area contributed by atoms with Crippen molar-refractivity contribution in [3.63, 3.8) is 0 Å². The normalized spacial score (nSPS) is 17.6. The number of fused-ring (bicyclic) bond motifs is 1. The van der Waals surface area contributed by atoms with Gasteiger partial charge in [0.05, 0.1) is 18.9 Å². The van der Waals surface area contributed by atoms with Gasteiger partial charge in [-0.3, -0.25) is 14.6 Å². The topological polar surface area (TPSA) is 69.5 Å². The van der Waals surface area contributed by atoms with Crippen LogP contribution in [0.4, 0.5) is 0 Å². The Morgan fingerprint density at radius 3 is 2.42 bits per heavy atom. The highest BCUT2D eigenvalue weighted by molar-refractivity contribution is 5.95. The number of methoxy groups -OCH3 is 1. The molecule has 2 aromatic carbocycles. The molecule has 2 heterocycles. The molecule has 0 N–H and O–H groups in total. The first-order valence-electron chi connectivity index (χ1n) is 14.9. The lowest BCUT2D eigenvalue weighted by Crippen LogP contribution is -2.42. The van der Waals surface area contributed by atoms with E-state index in [1.54, 1.807) is 7.11 Å². The molecule has 3 aromatic rings. The Morgan fingerprint density at radius 2 is 1.77 bits per heavy atom. The van der Waals surface area contributed by atoms with E-state index in [0.717, 1.165) is 49.3 Å². The summed E-state index contributed by atoms with van der Waals surface area (Å²) in [7, 11) is 3.81. The summed E-state index contributed by atoms with van der Waals surface area (Å²) in [4.78, 5) is 21.8. The summed E-state index contributed by atoms with van der Waals surface area (Å²) < 4.78 is 5.30. The molecule has 6 heteroatoms. The van der Waals surface area contributed by atoms with E-state index in [1.165, 1.54) is 48.4 Å². The summed E-state index contributed by atoms with van der Waals surface area (Å²) in [6.07, 6.45) is 8.88.